The summed E-state index contributed by atoms with van der Waals surface area (Å²) in [6.07, 6.45) is 2.65. The SMILES string of the molecule is COc1cccc(CNCC2CCC(C)(C)O2)c1. The zero-order valence-corrected chi connectivity index (χ0v) is 11.5. The average Bonchev–Trinajstić information content (AvgIpc) is 2.69. The van der Waals surface area contributed by atoms with E-state index in [1.54, 1.807) is 7.11 Å². The molecule has 0 aromatic heterocycles. The Labute approximate surface area is 109 Å². The smallest absolute Gasteiger partial charge is 0.119 e. The van der Waals surface area contributed by atoms with Crippen molar-refractivity contribution in [1.82, 2.24) is 5.32 Å². The first-order chi connectivity index (χ1) is 8.59. The number of hydrogen-bond acceptors (Lipinski definition) is 3. The molecule has 1 aliphatic heterocycles. The first-order valence-corrected chi connectivity index (χ1v) is 6.60. The predicted molar refractivity (Wildman–Crippen MR) is 72.9 cm³/mol. The van der Waals surface area contributed by atoms with Gasteiger partial charge in [0.25, 0.3) is 0 Å². The molecule has 0 saturated carbocycles. The topological polar surface area (TPSA) is 30.5 Å². The lowest BCUT2D eigenvalue weighted by atomic mass is 10.1. The van der Waals surface area contributed by atoms with Crippen molar-refractivity contribution < 1.29 is 9.47 Å². The second-order valence-corrected chi connectivity index (χ2v) is 5.52. The predicted octanol–water partition coefficient (Wildman–Crippen LogP) is 2.74. The summed E-state index contributed by atoms with van der Waals surface area (Å²) < 4.78 is 11.2. The van der Waals surface area contributed by atoms with Crippen LogP contribution in [0.3, 0.4) is 0 Å². The maximum absolute atomic E-state index is 5.94. The van der Waals surface area contributed by atoms with Crippen LogP contribution in [0.5, 0.6) is 5.75 Å². The maximum atomic E-state index is 5.94. The van der Waals surface area contributed by atoms with Gasteiger partial charge in [0.1, 0.15) is 5.75 Å². The van der Waals surface area contributed by atoms with Crippen molar-refractivity contribution in [1.29, 1.82) is 0 Å². The lowest BCUT2D eigenvalue weighted by molar-refractivity contribution is -0.0142. The lowest BCUT2D eigenvalue weighted by Crippen LogP contribution is -2.29. The standard InChI is InChI=1S/C15H23NO2/c1-15(2)8-7-14(18-15)11-16-10-12-5-4-6-13(9-12)17-3/h4-6,9,14,16H,7-8,10-11H2,1-3H3. The Balaban J connectivity index is 1.75. The van der Waals surface area contributed by atoms with Crippen molar-refractivity contribution in [3.63, 3.8) is 0 Å². The molecule has 1 aromatic carbocycles. The van der Waals surface area contributed by atoms with Crippen molar-refractivity contribution in [3.8, 4) is 5.75 Å². The van der Waals surface area contributed by atoms with Crippen LogP contribution in [0, 0.1) is 0 Å². The molecule has 1 heterocycles. The quantitative estimate of drug-likeness (QED) is 0.870. The van der Waals surface area contributed by atoms with E-state index < -0.39 is 0 Å². The van der Waals surface area contributed by atoms with Crippen LogP contribution in [-0.2, 0) is 11.3 Å². The highest BCUT2D eigenvalue weighted by Gasteiger charge is 2.30. The summed E-state index contributed by atoms with van der Waals surface area (Å²) in [5.41, 5.74) is 1.30. The van der Waals surface area contributed by atoms with E-state index in [9.17, 15) is 0 Å². The lowest BCUT2D eigenvalue weighted by Gasteiger charge is -2.19. The van der Waals surface area contributed by atoms with Crippen LogP contribution in [0.4, 0.5) is 0 Å². The second kappa shape index (κ2) is 5.72. The fourth-order valence-electron chi connectivity index (χ4n) is 2.38. The Kier molecular flexibility index (Phi) is 4.25. The molecule has 1 N–H and O–H groups in total. The monoisotopic (exact) mass is 249 g/mol. The van der Waals surface area contributed by atoms with Gasteiger partial charge in [-0.2, -0.15) is 0 Å². The van der Waals surface area contributed by atoms with Crippen LogP contribution in [-0.4, -0.2) is 25.4 Å². The molecule has 18 heavy (non-hydrogen) atoms. The first-order valence-electron chi connectivity index (χ1n) is 6.60. The van der Waals surface area contributed by atoms with Crippen molar-refractivity contribution in [3.05, 3.63) is 29.8 Å². The highest BCUT2D eigenvalue weighted by molar-refractivity contribution is 5.28. The van der Waals surface area contributed by atoms with E-state index in [1.807, 2.05) is 12.1 Å². The summed E-state index contributed by atoms with van der Waals surface area (Å²) in [6, 6.07) is 8.15. The minimum absolute atomic E-state index is 0.0579. The Morgan fingerprint density at radius 2 is 2.28 bits per heavy atom. The summed E-state index contributed by atoms with van der Waals surface area (Å²) in [7, 11) is 1.70. The largest absolute Gasteiger partial charge is 0.497 e. The van der Waals surface area contributed by atoms with Crippen molar-refractivity contribution in [2.24, 2.45) is 0 Å². The molecule has 2 rings (SSSR count). The Morgan fingerprint density at radius 3 is 2.94 bits per heavy atom. The van der Waals surface area contributed by atoms with Crippen LogP contribution in [0.25, 0.3) is 0 Å². The van der Waals surface area contributed by atoms with E-state index in [0.29, 0.717) is 6.10 Å². The third-order valence-electron chi connectivity index (χ3n) is 3.39. The number of methoxy groups -OCH3 is 1. The van der Waals surface area contributed by atoms with Gasteiger partial charge in [0.2, 0.25) is 0 Å². The van der Waals surface area contributed by atoms with Gasteiger partial charge in [0, 0.05) is 13.1 Å². The van der Waals surface area contributed by atoms with Gasteiger partial charge in [-0.15, -0.1) is 0 Å². The molecule has 0 radical (unpaired) electrons. The maximum Gasteiger partial charge on any atom is 0.119 e. The molecular formula is C15H23NO2. The van der Waals surface area contributed by atoms with Gasteiger partial charge in [0.05, 0.1) is 18.8 Å². The Morgan fingerprint density at radius 1 is 1.44 bits per heavy atom. The summed E-state index contributed by atoms with van der Waals surface area (Å²) in [4.78, 5) is 0. The normalized spacial score (nSPS) is 22.1. The number of hydrogen-bond donors (Lipinski definition) is 1. The zero-order chi connectivity index (χ0) is 13.0. The molecular weight excluding hydrogens is 226 g/mol. The third-order valence-corrected chi connectivity index (χ3v) is 3.39. The van der Waals surface area contributed by atoms with Crippen molar-refractivity contribution in [2.45, 2.75) is 44.9 Å². The molecule has 1 atom stereocenters. The number of ether oxygens (including phenoxy) is 2. The van der Waals surface area contributed by atoms with Crippen molar-refractivity contribution in [2.75, 3.05) is 13.7 Å². The highest BCUT2D eigenvalue weighted by Crippen LogP contribution is 2.28. The van der Waals surface area contributed by atoms with E-state index in [-0.39, 0.29) is 5.60 Å². The molecule has 1 aliphatic rings. The van der Waals surface area contributed by atoms with Crippen LogP contribution in [0.2, 0.25) is 0 Å². The van der Waals surface area contributed by atoms with Crippen molar-refractivity contribution >= 4 is 0 Å². The molecule has 0 bridgehead atoms. The molecule has 100 valence electrons. The van der Waals surface area contributed by atoms with Crippen LogP contribution < -0.4 is 10.1 Å². The average molecular weight is 249 g/mol. The minimum atomic E-state index is 0.0579. The van der Waals surface area contributed by atoms with Gasteiger partial charge in [-0.25, -0.2) is 0 Å². The van der Waals surface area contributed by atoms with Crippen LogP contribution in [0.15, 0.2) is 24.3 Å². The zero-order valence-electron chi connectivity index (χ0n) is 11.5. The molecule has 0 spiro atoms. The van der Waals surface area contributed by atoms with E-state index >= 15 is 0 Å². The fourth-order valence-corrected chi connectivity index (χ4v) is 2.38. The molecule has 0 amide bonds. The highest BCUT2D eigenvalue weighted by atomic mass is 16.5. The molecule has 1 fully saturated rings. The molecule has 3 nitrogen and oxygen atoms in total. The Hall–Kier alpha value is -1.06. The molecule has 1 aromatic rings. The summed E-state index contributed by atoms with van der Waals surface area (Å²) >= 11 is 0. The van der Waals surface area contributed by atoms with Crippen LogP contribution in [0.1, 0.15) is 32.3 Å². The van der Waals surface area contributed by atoms with Gasteiger partial charge in [-0.05, 0) is 44.4 Å². The summed E-state index contributed by atoms with van der Waals surface area (Å²) in [5.74, 6) is 0.910. The number of benzene rings is 1. The van der Waals surface area contributed by atoms with Gasteiger partial charge in [0.15, 0.2) is 0 Å². The van der Waals surface area contributed by atoms with Gasteiger partial charge in [-0.1, -0.05) is 12.1 Å². The van der Waals surface area contributed by atoms with E-state index in [2.05, 4.69) is 31.3 Å². The first kappa shape index (κ1) is 13.4. The van der Waals surface area contributed by atoms with Gasteiger partial charge < -0.3 is 14.8 Å². The minimum Gasteiger partial charge on any atom is -0.497 e. The molecule has 0 aliphatic carbocycles. The summed E-state index contributed by atoms with van der Waals surface area (Å²) in [6.45, 7) is 6.10. The van der Waals surface area contributed by atoms with E-state index in [1.165, 1.54) is 5.56 Å². The van der Waals surface area contributed by atoms with E-state index in [4.69, 9.17) is 9.47 Å². The second-order valence-electron chi connectivity index (χ2n) is 5.52. The fraction of sp³-hybridized carbons (Fsp3) is 0.600. The Bertz CT molecular complexity index is 390. The van der Waals surface area contributed by atoms with Gasteiger partial charge in [-0.3, -0.25) is 0 Å². The van der Waals surface area contributed by atoms with Crippen LogP contribution >= 0.6 is 0 Å². The van der Waals surface area contributed by atoms with E-state index in [0.717, 1.165) is 31.7 Å². The molecule has 1 saturated heterocycles. The van der Waals surface area contributed by atoms with Gasteiger partial charge >= 0.3 is 0 Å². The molecule has 3 heteroatoms. The number of nitrogens with one attached hydrogen (secondary N) is 1. The summed E-state index contributed by atoms with van der Waals surface area (Å²) in [5, 5.41) is 3.45. The third kappa shape index (κ3) is 3.72. The number of rotatable bonds is 5. The molecule has 1 unspecified atom stereocenters.